The molecule has 2 aromatic carbocycles. The molecule has 7 nitrogen and oxygen atoms in total. The van der Waals surface area contributed by atoms with Gasteiger partial charge in [0.25, 0.3) is 5.91 Å². The van der Waals surface area contributed by atoms with Crippen molar-refractivity contribution < 1.29 is 17.6 Å². The fraction of sp³-hybridized carbons (Fsp3) is 0.222. The highest BCUT2D eigenvalue weighted by Crippen LogP contribution is 2.16. The number of amides is 1. The summed E-state index contributed by atoms with van der Waals surface area (Å²) in [6.45, 7) is 3.39. The zero-order valence-electron chi connectivity index (χ0n) is 14.8. The standard InChI is InChI=1S/C18H19FN4O3S/c1-12(2)17(22-27(25,26)16-10-6-3-7-13(16)19)18(24)21-23-11-20-14-8-4-5-9-15(14)23/h3-12,17,22H,1-2H3,(H,21,24)/t17-/m0/s1. The smallest absolute Gasteiger partial charge is 0.257 e. The van der Waals surface area contributed by atoms with Gasteiger partial charge in [0.2, 0.25) is 10.0 Å². The highest BCUT2D eigenvalue weighted by atomic mass is 32.2. The lowest BCUT2D eigenvalue weighted by Crippen LogP contribution is -2.48. The highest BCUT2D eigenvalue weighted by molar-refractivity contribution is 7.89. The number of imidazole rings is 1. The molecule has 0 radical (unpaired) electrons. The number of hydrogen-bond donors (Lipinski definition) is 2. The molecule has 1 heterocycles. The maximum absolute atomic E-state index is 13.9. The summed E-state index contributed by atoms with van der Waals surface area (Å²) in [4.78, 5) is 16.4. The Labute approximate surface area is 156 Å². The summed E-state index contributed by atoms with van der Waals surface area (Å²) in [6, 6.07) is 11.1. The van der Waals surface area contributed by atoms with Crippen molar-refractivity contribution >= 4 is 27.0 Å². The normalized spacial score (nSPS) is 13.0. The van der Waals surface area contributed by atoms with E-state index in [-0.39, 0.29) is 5.92 Å². The van der Waals surface area contributed by atoms with E-state index in [2.05, 4.69) is 15.1 Å². The first-order valence-corrected chi connectivity index (χ1v) is 9.78. The number of fused-ring (bicyclic) bond motifs is 1. The predicted molar refractivity (Wildman–Crippen MR) is 99.4 cm³/mol. The van der Waals surface area contributed by atoms with Crippen LogP contribution in [0.1, 0.15) is 13.8 Å². The van der Waals surface area contributed by atoms with Crippen LogP contribution < -0.4 is 10.1 Å². The van der Waals surface area contributed by atoms with Crippen LogP contribution in [0.4, 0.5) is 4.39 Å². The summed E-state index contributed by atoms with van der Waals surface area (Å²) in [5.41, 5.74) is 3.99. The minimum absolute atomic E-state index is 0.374. The molecule has 3 aromatic rings. The van der Waals surface area contributed by atoms with Gasteiger partial charge in [0.15, 0.2) is 0 Å². The molecule has 0 aliphatic heterocycles. The molecule has 142 valence electrons. The van der Waals surface area contributed by atoms with Crippen molar-refractivity contribution in [3.63, 3.8) is 0 Å². The summed E-state index contributed by atoms with van der Waals surface area (Å²) in [5, 5.41) is 0. The van der Waals surface area contributed by atoms with Gasteiger partial charge in [0, 0.05) is 0 Å². The third kappa shape index (κ3) is 3.99. The molecule has 0 aliphatic rings. The van der Waals surface area contributed by atoms with E-state index in [9.17, 15) is 17.6 Å². The lowest BCUT2D eigenvalue weighted by atomic mass is 10.1. The quantitative estimate of drug-likeness (QED) is 0.675. The fourth-order valence-corrected chi connectivity index (χ4v) is 4.05. The van der Waals surface area contributed by atoms with Gasteiger partial charge in [-0.1, -0.05) is 38.1 Å². The maximum atomic E-state index is 13.9. The first kappa shape index (κ1) is 19.0. The number of rotatable bonds is 6. The Balaban J connectivity index is 1.85. The first-order valence-electron chi connectivity index (χ1n) is 8.29. The van der Waals surface area contributed by atoms with E-state index in [1.807, 2.05) is 6.07 Å². The molecular formula is C18H19FN4O3S. The van der Waals surface area contributed by atoms with Gasteiger partial charge >= 0.3 is 0 Å². The number of hydrogen-bond acceptors (Lipinski definition) is 4. The van der Waals surface area contributed by atoms with Crippen LogP contribution >= 0.6 is 0 Å². The Morgan fingerprint density at radius 3 is 2.48 bits per heavy atom. The molecular weight excluding hydrogens is 371 g/mol. The van der Waals surface area contributed by atoms with E-state index in [0.717, 1.165) is 12.1 Å². The third-order valence-electron chi connectivity index (χ3n) is 4.04. The van der Waals surface area contributed by atoms with Gasteiger partial charge in [-0.25, -0.2) is 22.5 Å². The van der Waals surface area contributed by atoms with Gasteiger partial charge in [-0.05, 0) is 30.2 Å². The van der Waals surface area contributed by atoms with Crippen LogP contribution in [0, 0.1) is 11.7 Å². The molecule has 0 bridgehead atoms. The highest BCUT2D eigenvalue weighted by Gasteiger charge is 2.30. The van der Waals surface area contributed by atoms with E-state index in [0.29, 0.717) is 11.0 Å². The van der Waals surface area contributed by atoms with Crippen LogP contribution in [-0.4, -0.2) is 30.0 Å². The maximum Gasteiger partial charge on any atom is 0.257 e. The second-order valence-electron chi connectivity index (χ2n) is 6.35. The molecule has 9 heteroatoms. The Morgan fingerprint density at radius 2 is 1.78 bits per heavy atom. The van der Waals surface area contributed by atoms with Crippen molar-refractivity contribution in [3.05, 3.63) is 60.7 Å². The molecule has 0 saturated carbocycles. The SMILES string of the molecule is CC(C)[C@H](NS(=O)(=O)c1ccccc1F)C(=O)Nn1cnc2ccccc21. The lowest BCUT2D eigenvalue weighted by molar-refractivity contribution is -0.119. The minimum Gasteiger partial charge on any atom is -0.271 e. The van der Waals surface area contributed by atoms with Crippen molar-refractivity contribution in [2.75, 3.05) is 5.43 Å². The first-order chi connectivity index (χ1) is 12.8. The van der Waals surface area contributed by atoms with Crippen molar-refractivity contribution in [3.8, 4) is 0 Å². The van der Waals surface area contributed by atoms with Gasteiger partial charge in [-0.3, -0.25) is 10.2 Å². The van der Waals surface area contributed by atoms with Crippen LogP contribution in [0.5, 0.6) is 0 Å². The van der Waals surface area contributed by atoms with Gasteiger partial charge < -0.3 is 0 Å². The molecule has 1 amide bonds. The van der Waals surface area contributed by atoms with Crippen LogP contribution in [0.3, 0.4) is 0 Å². The van der Waals surface area contributed by atoms with Crippen LogP contribution in [0.15, 0.2) is 59.8 Å². The second kappa shape index (κ2) is 7.45. The Morgan fingerprint density at radius 1 is 1.11 bits per heavy atom. The summed E-state index contributed by atoms with van der Waals surface area (Å²) >= 11 is 0. The number of benzene rings is 2. The molecule has 0 aliphatic carbocycles. The zero-order chi connectivity index (χ0) is 19.6. The van der Waals surface area contributed by atoms with Gasteiger partial charge in [-0.2, -0.15) is 4.72 Å². The van der Waals surface area contributed by atoms with E-state index < -0.39 is 32.7 Å². The number of nitrogens with one attached hydrogen (secondary N) is 2. The molecule has 27 heavy (non-hydrogen) atoms. The number of halogens is 1. The number of carbonyl (C=O) groups is 1. The van der Waals surface area contributed by atoms with Crippen LogP contribution in [0.2, 0.25) is 0 Å². The Kier molecular flexibility index (Phi) is 5.24. The second-order valence-corrected chi connectivity index (χ2v) is 8.04. The Hall–Kier alpha value is -2.78. The predicted octanol–water partition coefficient (Wildman–Crippen LogP) is 2.25. The number of para-hydroxylation sites is 2. The number of sulfonamides is 1. The summed E-state index contributed by atoms with van der Waals surface area (Å²) in [7, 11) is -4.21. The average molecular weight is 390 g/mol. The number of aromatic nitrogens is 2. The van der Waals surface area contributed by atoms with Crippen LogP contribution in [0.25, 0.3) is 11.0 Å². The van der Waals surface area contributed by atoms with Gasteiger partial charge in [0.1, 0.15) is 23.1 Å². The largest absolute Gasteiger partial charge is 0.271 e. The van der Waals surface area contributed by atoms with E-state index in [1.165, 1.54) is 23.1 Å². The summed E-state index contributed by atoms with van der Waals surface area (Å²) < 4.78 is 42.7. The Bertz CT molecular complexity index is 1080. The molecule has 0 unspecified atom stereocenters. The molecule has 2 N–H and O–H groups in total. The fourth-order valence-electron chi connectivity index (χ4n) is 2.62. The number of nitrogens with zero attached hydrogens (tertiary/aromatic N) is 2. The number of carbonyl (C=O) groups excluding carboxylic acids is 1. The monoisotopic (exact) mass is 390 g/mol. The molecule has 0 saturated heterocycles. The minimum atomic E-state index is -4.21. The third-order valence-corrected chi connectivity index (χ3v) is 5.52. The molecule has 1 atom stereocenters. The average Bonchev–Trinajstić information content (AvgIpc) is 3.03. The van der Waals surface area contributed by atoms with Crippen molar-refractivity contribution in [1.82, 2.24) is 14.4 Å². The summed E-state index contributed by atoms with van der Waals surface area (Å²) in [5.74, 6) is -1.83. The van der Waals surface area contributed by atoms with Gasteiger partial charge in [-0.15, -0.1) is 0 Å². The van der Waals surface area contributed by atoms with Crippen molar-refractivity contribution in [1.29, 1.82) is 0 Å². The van der Waals surface area contributed by atoms with E-state index in [1.54, 1.807) is 32.0 Å². The molecule has 0 fully saturated rings. The van der Waals surface area contributed by atoms with Crippen molar-refractivity contribution in [2.24, 2.45) is 5.92 Å². The van der Waals surface area contributed by atoms with Crippen molar-refractivity contribution in [2.45, 2.75) is 24.8 Å². The lowest BCUT2D eigenvalue weighted by Gasteiger charge is -2.22. The summed E-state index contributed by atoms with van der Waals surface area (Å²) in [6.07, 6.45) is 1.44. The molecule has 1 aromatic heterocycles. The zero-order valence-corrected chi connectivity index (χ0v) is 15.6. The van der Waals surface area contributed by atoms with Gasteiger partial charge in [0.05, 0.1) is 11.0 Å². The van der Waals surface area contributed by atoms with E-state index >= 15 is 0 Å². The topological polar surface area (TPSA) is 93.1 Å². The van der Waals surface area contributed by atoms with E-state index in [4.69, 9.17) is 0 Å². The molecule has 3 rings (SSSR count). The molecule has 0 spiro atoms. The van der Waals surface area contributed by atoms with Crippen LogP contribution in [-0.2, 0) is 14.8 Å².